The van der Waals surface area contributed by atoms with Gasteiger partial charge < -0.3 is 44.8 Å². The Kier molecular flexibility index (Phi) is 31.6. The summed E-state index contributed by atoms with van der Waals surface area (Å²) in [6, 6.07) is -1.32. The van der Waals surface area contributed by atoms with Crippen molar-refractivity contribution in [2.45, 2.75) is 141 Å². The summed E-state index contributed by atoms with van der Waals surface area (Å²) in [5.41, 5.74) is 0. The van der Waals surface area contributed by atoms with Crippen molar-refractivity contribution in [1.82, 2.24) is 16.0 Å². The first kappa shape index (κ1) is 48.1. The lowest BCUT2D eigenvalue weighted by molar-refractivity contribution is -0.143. The average Bonchev–Trinajstić information content (AvgIpc) is 3.13. The molecule has 0 aliphatic carbocycles. The van der Waals surface area contributed by atoms with E-state index in [1.54, 1.807) is 0 Å². The molecule has 4 N–H and O–H groups in total. The Morgan fingerprint density at radius 2 is 1.09 bits per heavy atom. The Hall–Kier alpha value is -2.94. The number of hydrogen-bond acceptors (Lipinski definition) is 10. The highest BCUT2D eigenvalue weighted by atomic mass is 16.5. The Morgan fingerprint density at radius 3 is 1.58 bits per heavy atom. The van der Waals surface area contributed by atoms with E-state index in [0.29, 0.717) is 78.2 Å². The summed E-state index contributed by atoms with van der Waals surface area (Å²) in [7, 11) is 0. The van der Waals surface area contributed by atoms with E-state index < -0.39 is 23.8 Å². The van der Waals surface area contributed by atoms with Crippen LogP contribution < -0.4 is 16.0 Å². The summed E-state index contributed by atoms with van der Waals surface area (Å²) >= 11 is 0. The lowest BCUT2D eigenvalue weighted by Crippen LogP contribution is -2.46. The van der Waals surface area contributed by atoms with Gasteiger partial charge in [0.1, 0.15) is 31.3 Å². The fourth-order valence-electron chi connectivity index (χ4n) is 6.05. The fraction of sp³-hybridized carbons (Fsp3) is 0.846. The minimum Gasteiger partial charge on any atom is -0.480 e. The molecule has 0 aromatic carbocycles. The van der Waals surface area contributed by atoms with Gasteiger partial charge in [-0.1, -0.05) is 89.9 Å². The molecule has 14 nitrogen and oxygen atoms in total. The largest absolute Gasteiger partial charge is 0.480 e. The van der Waals surface area contributed by atoms with Gasteiger partial charge in [0.15, 0.2) is 0 Å². The van der Waals surface area contributed by atoms with Crippen LogP contribution >= 0.6 is 0 Å². The molecule has 1 heterocycles. The predicted molar refractivity (Wildman–Crippen MR) is 200 cm³/mol. The van der Waals surface area contributed by atoms with Gasteiger partial charge in [-0.15, -0.1) is 0 Å². The van der Waals surface area contributed by atoms with E-state index in [0.717, 1.165) is 38.5 Å². The highest BCUT2D eigenvalue weighted by Gasteiger charge is 2.32. The maximum Gasteiger partial charge on any atom is 0.326 e. The highest BCUT2D eigenvalue weighted by Crippen LogP contribution is 2.18. The van der Waals surface area contributed by atoms with Crippen LogP contribution in [-0.2, 0) is 47.7 Å². The van der Waals surface area contributed by atoms with E-state index >= 15 is 0 Å². The third kappa shape index (κ3) is 29.1. The zero-order valence-electron chi connectivity index (χ0n) is 32.2. The van der Waals surface area contributed by atoms with Crippen LogP contribution in [0.1, 0.15) is 135 Å². The van der Waals surface area contributed by atoms with Crippen molar-refractivity contribution in [3.8, 4) is 0 Å². The maximum absolute atomic E-state index is 13.3. The van der Waals surface area contributed by atoms with Crippen molar-refractivity contribution >= 4 is 35.8 Å². The SMILES string of the molecule is O=CCOCC(=O)NCCCOCCOCCOCCCNC(=O)C1C[C@@H](C(=O)O)NC(=O)CCCCCCCCCCCCCCCCCCC1=O. The summed E-state index contributed by atoms with van der Waals surface area (Å²) in [5.74, 6) is -3.89. The van der Waals surface area contributed by atoms with Crippen LogP contribution in [-0.4, -0.2) is 113 Å². The van der Waals surface area contributed by atoms with Gasteiger partial charge in [0.25, 0.3) is 0 Å². The van der Waals surface area contributed by atoms with Gasteiger partial charge in [-0.2, -0.15) is 0 Å². The molecule has 53 heavy (non-hydrogen) atoms. The molecule has 1 fully saturated rings. The Labute approximate surface area is 316 Å². The van der Waals surface area contributed by atoms with Crippen LogP contribution in [0.15, 0.2) is 0 Å². The number of carboxylic acid groups (broad SMARTS) is 1. The molecule has 0 spiro atoms. The normalized spacial score (nSPS) is 19.7. The van der Waals surface area contributed by atoms with E-state index in [2.05, 4.69) is 16.0 Å². The van der Waals surface area contributed by atoms with Gasteiger partial charge in [-0.3, -0.25) is 19.2 Å². The number of nitrogens with one attached hydrogen (secondary N) is 3. The summed E-state index contributed by atoms with van der Waals surface area (Å²) in [6.45, 7) is 2.77. The lowest BCUT2D eigenvalue weighted by atomic mass is 9.91. The lowest BCUT2D eigenvalue weighted by Gasteiger charge is -2.21. The summed E-state index contributed by atoms with van der Waals surface area (Å²) in [4.78, 5) is 72.9. The molecule has 1 aliphatic heterocycles. The van der Waals surface area contributed by atoms with Crippen LogP contribution in [0.2, 0.25) is 0 Å². The third-order valence-corrected chi connectivity index (χ3v) is 9.10. The van der Waals surface area contributed by atoms with E-state index in [1.807, 2.05) is 0 Å². The summed E-state index contributed by atoms with van der Waals surface area (Å²) < 4.78 is 21.3. The van der Waals surface area contributed by atoms with Crippen molar-refractivity contribution in [2.24, 2.45) is 5.92 Å². The molecule has 14 heteroatoms. The maximum atomic E-state index is 13.3. The summed E-state index contributed by atoms with van der Waals surface area (Å²) in [5, 5.41) is 17.9. The van der Waals surface area contributed by atoms with Crippen molar-refractivity contribution in [3.63, 3.8) is 0 Å². The standard InChI is InChI=1S/C39H69N3O11/c43-23-26-53-32-37(46)40-21-17-24-50-27-29-52-30-28-51-25-18-22-41-38(47)33-31-34(39(48)49)42-36(45)20-16-14-12-10-8-6-4-2-1-3-5-7-9-11-13-15-19-35(33)44/h23,33-34H,1-22,24-32H2,(H,40,46)(H,41,47)(H,42,45)(H,48,49)/t33?,34-/m0/s1. The Balaban J connectivity index is 2.40. The van der Waals surface area contributed by atoms with Crippen molar-refractivity contribution < 1.29 is 52.8 Å². The zero-order valence-corrected chi connectivity index (χ0v) is 32.2. The van der Waals surface area contributed by atoms with Gasteiger partial charge >= 0.3 is 5.97 Å². The van der Waals surface area contributed by atoms with E-state index in [1.165, 1.54) is 51.4 Å². The molecule has 3 amide bonds. The van der Waals surface area contributed by atoms with Gasteiger partial charge in [-0.25, -0.2) is 4.79 Å². The molecule has 0 bridgehead atoms. The molecule has 0 saturated carbocycles. The number of carboxylic acids is 1. The molecule has 2 atom stereocenters. The molecular weight excluding hydrogens is 686 g/mol. The van der Waals surface area contributed by atoms with Gasteiger partial charge in [-0.05, 0) is 32.1 Å². The van der Waals surface area contributed by atoms with E-state index in [9.17, 15) is 33.9 Å². The number of hydrogen-bond donors (Lipinski definition) is 4. The predicted octanol–water partition coefficient (Wildman–Crippen LogP) is 4.44. The first-order chi connectivity index (χ1) is 25.8. The van der Waals surface area contributed by atoms with Crippen molar-refractivity contribution in [3.05, 3.63) is 0 Å². The van der Waals surface area contributed by atoms with Crippen LogP contribution in [0.3, 0.4) is 0 Å². The highest BCUT2D eigenvalue weighted by molar-refractivity contribution is 6.02. The second kappa shape index (κ2) is 34.8. The van der Waals surface area contributed by atoms with Gasteiger partial charge in [0.05, 0.1) is 32.3 Å². The topological polar surface area (TPSA) is 196 Å². The Bertz CT molecular complexity index is 998. The second-order valence-electron chi connectivity index (χ2n) is 13.7. The number of ketones is 1. The Morgan fingerprint density at radius 1 is 0.642 bits per heavy atom. The molecule has 1 aliphatic rings. The molecular formula is C39H69N3O11. The average molecular weight is 756 g/mol. The number of amides is 3. The minimum absolute atomic E-state index is 0.106. The third-order valence-electron chi connectivity index (χ3n) is 9.10. The zero-order chi connectivity index (χ0) is 38.6. The van der Waals surface area contributed by atoms with E-state index in [-0.39, 0.29) is 56.6 Å². The summed E-state index contributed by atoms with van der Waals surface area (Å²) in [6.07, 6.45) is 19.4. The number of ether oxygens (including phenoxy) is 4. The smallest absolute Gasteiger partial charge is 0.326 e. The first-order valence-corrected chi connectivity index (χ1v) is 20.2. The molecule has 1 unspecified atom stereocenters. The second-order valence-corrected chi connectivity index (χ2v) is 13.7. The monoisotopic (exact) mass is 755 g/mol. The van der Waals surface area contributed by atoms with Crippen molar-refractivity contribution in [1.29, 1.82) is 0 Å². The quantitative estimate of drug-likeness (QED) is 0.0779. The van der Waals surface area contributed by atoms with Crippen LogP contribution in [0.25, 0.3) is 0 Å². The fourth-order valence-corrected chi connectivity index (χ4v) is 6.05. The first-order valence-electron chi connectivity index (χ1n) is 20.2. The van der Waals surface area contributed by atoms with E-state index in [4.69, 9.17) is 18.9 Å². The number of aliphatic carboxylic acids is 1. The molecule has 1 saturated heterocycles. The number of carbonyl (C=O) groups is 6. The molecule has 0 radical (unpaired) electrons. The number of rotatable bonds is 20. The number of Topliss-reactive ketones (excluding diaryl/α,β-unsaturated/α-hetero) is 1. The van der Waals surface area contributed by atoms with Crippen LogP contribution in [0.4, 0.5) is 0 Å². The van der Waals surface area contributed by atoms with Crippen molar-refractivity contribution in [2.75, 3.05) is 65.9 Å². The minimum atomic E-state index is -1.32. The molecule has 0 aromatic rings. The van der Waals surface area contributed by atoms with Crippen LogP contribution in [0.5, 0.6) is 0 Å². The number of aldehydes is 1. The molecule has 1 rings (SSSR count). The molecule has 306 valence electrons. The van der Waals surface area contributed by atoms with Gasteiger partial charge in [0.2, 0.25) is 17.7 Å². The molecule has 0 aromatic heterocycles. The number of carbonyl (C=O) groups excluding carboxylic acids is 5. The van der Waals surface area contributed by atoms with Crippen LogP contribution in [0, 0.1) is 5.92 Å². The van der Waals surface area contributed by atoms with Gasteiger partial charge in [0, 0.05) is 39.1 Å².